The molecule has 0 bridgehead atoms. The Morgan fingerprint density at radius 1 is 0.773 bits per heavy atom. The first-order valence-electron chi connectivity index (χ1n) is 15.2. The largest absolute Gasteiger partial charge is 0.493 e. The quantitative estimate of drug-likeness (QED) is 0.0607. The summed E-state index contributed by atoms with van der Waals surface area (Å²) in [4.78, 5) is 36.6. The van der Waals surface area contributed by atoms with Crippen molar-refractivity contribution in [1.29, 1.82) is 0 Å². The number of aryl methyl sites for hydroxylation is 2. The van der Waals surface area contributed by atoms with Crippen LogP contribution < -0.4 is 14.2 Å². The number of rotatable bonds is 18. The summed E-state index contributed by atoms with van der Waals surface area (Å²) in [5, 5.41) is 0.110. The van der Waals surface area contributed by atoms with Gasteiger partial charge in [0.05, 0.1) is 29.4 Å². The Balaban J connectivity index is 1.47. The molecule has 0 atom stereocenters. The van der Waals surface area contributed by atoms with Gasteiger partial charge in [0, 0.05) is 12.1 Å². The van der Waals surface area contributed by atoms with Crippen molar-refractivity contribution in [3.8, 4) is 17.2 Å². The summed E-state index contributed by atoms with van der Waals surface area (Å²) >= 11 is 6.36. The van der Waals surface area contributed by atoms with E-state index < -0.39 is 17.9 Å². The van der Waals surface area contributed by atoms with Gasteiger partial charge in [0.15, 0.2) is 0 Å². The summed E-state index contributed by atoms with van der Waals surface area (Å²) in [7, 11) is 0. The molecule has 0 heterocycles. The maximum Gasteiger partial charge on any atom is 0.345 e. The lowest BCUT2D eigenvalue weighted by atomic mass is 10.0. The highest BCUT2D eigenvalue weighted by molar-refractivity contribution is 6.33. The highest BCUT2D eigenvalue weighted by Gasteiger charge is 2.16. The van der Waals surface area contributed by atoms with Crippen molar-refractivity contribution in [2.75, 3.05) is 13.2 Å². The molecule has 0 fully saturated rings. The van der Waals surface area contributed by atoms with Gasteiger partial charge in [0.2, 0.25) is 0 Å². The van der Waals surface area contributed by atoms with Crippen molar-refractivity contribution in [2.24, 2.45) is 0 Å². The molecular formula is C36H41ClO7. The molecule has 0 saturated heterocycles. The summed E-state index contributed by atoms with van der Waals surface area (Å²) in [5.41, 5.74) is 2.48. The highest BCUT2D eigenvalue weighted by atomic mass is 35.5. The van der Waals surface area contributed by atoms with E-state index in [0.717, 1.165) is 24.5 Å². The first kappa shape index (κ1) is 34.4. The van der Waals surface area contributed by atoms with Crippen LogP contribution in [0.3, 0.4) is 0 Å². The number of ether oxygens (including phenoxy) is 4. The van der Waals surface area contributed by atoms with Crippen molar-refractivity contribution in [3.05, 3.63) is 101 Å². The van der Waals surface area contributed by atoms with Crippen LogP contribution in [0, 0.1) is 6.92 Å². The van der Waals surface area contributed by atoms with Gasteiger partial charge >= 0.3 is 17.9 Å². The summed E-state index contributed by atoms with van der Waals surface area (Å²) < 4.78 is 21.7. The lowest BCUT2D eigenvalue weighted by Gasteiger charge is -2.11. The topological polar surface area (TPSA) is 88.1 Å². The van der Waals surface area contributed by atoms with Crippen LogP contribution in [0.4, 0.5) is 0 Å². The zero-order valence-corrected chi connectivity index (χ0v) is 26.3. The Kier molecular flexibility index (Phi) is 14.5. The monoisotopic (exact) mass is 620 g/mol. The molecule has 8 heteroatoms. The smallest absolute Gasteiger partial charge is 0.345 e. The molecule has 0 unspecified atom stereocenters. The Labute approximate surface area is 265 Å². The molecule has 0 aliphatic heterocycles. The van der Waals surface area contributed by atoms with E-state index in [-0.39, 0.29) is 16.3 Å². The lowest BCUT2D eigenvalue weighted by molar-refractivity contribution is -0.137. The summed E-state index contributed by atoms with van der Waals surface area (Å²) in [6.45, 7) is 8.14. The Morgan fingerprint density at radius 3 is 2.16 bits per heavy atom. The van der Waals surface area contributed by atoms with Crippen molar-refractivity contribution < 1.29 is 33.3 Å². The summed E-state index contributed by atoms with van der Waals surface area (Å²) in [5.74, 6) is -0.337. The van der Waals surface area contributed by atoms with E-state index in [0.29, 0.717) is 43.1 Å². The normalized spacial score (nSPS) is 10.6. The van der Waals surface area contributed by atoms with Gasteiger partial charge < -0.3 is 18.9 Å². The van der Waals surface area contributed by atoms with Crippen molar-refractivity contribution in [1.82, 2.24) is 0 Å². The van der Waals surface area contributed by atoms with Gasteiger partial charge in [0.25, 0.3) is 0 Å². The summed E-state index contributed by atoms with van der Waals surface area (Å²) in [6.07, 6.45) is 11.0. The molecule has 234 valence electrons. The average Bonchev–Trinajstić information content (AvgIpc) is 3.01. The molecule has 3 aromatic carbocycles. The molecule has 3 aromatic rings. The van der Waals surface area contributed by atoms with Crippen LogP contribution in [0.15, 0.2) is 73.3 Å². The van der Waals surface area contributed by atoms with Gasteiger partial charge in [-0.25, -0.2) is 14.4 Å². The molecule has 3 rings (SSSR count). The lowest BCUT2D eigenvalue weighted by Crippen LogP contribution is -2.11. The predicted molar refractivity (Wildman–Crippen MR) is 172 cm³/mol. The van der Waals surface area contributed by atoms with Crippen molar-refractivity contribution in [2.45, 2.75) is 71.6 Å². The fourth-order valence-corrected chi connectivity index (χ4v) is 4.69. The first-order chi connectivity index (χ1) is 21.3. The predicted octanol–water partition coefficient (Wildman–Crippen LogP) is 8.88. The van der Waals surface area contributed by atoms with E-state index in [4.69, 9.17) is 30.5 Å². The molecule has 7 nitrogen and oxygen atoms in total. The molecule has 0 aliphatic rings. The molecular weight excluding hydrogens is 580 g/mol. The fraction of sp³-hybridized carbons (Fsp3) is 0.361. The average molecular weight is 621 g/mol. The van der Waals surface area contributed by atoms with E-state index in [1.165, 1.54) is 55.9 Å². The second kappa shape index (κ2) is 18.5. The number of unbranched alkanes of at least 4 members (excludes halogenated alkanes) is 6. The second-order valence-electron chi connectivity index (χ2n) is 10.5. The number of hydrogen-bond acceptors (Lipinski definition) is 7. The van der Waals surface area contributed by atoms with E-state index in [1.54, 1.807) is 30.3 Å². The van der Waals surface area contributed by atoms with Gasteiger partial charge in [-0.1, -0.05) is 69.3 Å². The molecule has 44 heavy (non-hydrogen) atoms. The zero-order chi connectivity index (χ0) is 31.7. The third-order valence-corrected chi connectivity index (χ3v) is 7.25. The third-order valence-electron chi connectivity index (χ3n) is 6.94. The molecule has 0 spiro atoms. The minimum Gasteiger partial charge on any atom is -0.493 e. The first-order valence-corrected chi connectivity index (χ1v) is 15.5. The number of benzene rings is 3. The molecule has 0 amide bonds. The fourth-order valence-electron chi connectivity index (χ4n) is 4.44. The van der Waals surface area contributed by atoms with Crippen LogP contribution in [0.2, 0.25) is 5.02 Å². The van der Waals surface area contributed by atoms with Gasteiger partial charge in [0.1, 0.15) is 17.2 Å². The van der Waals surface area contributed by atoms with Gasteiger partial charge in [-0.2, -0.15) is 0 Å². The molecule has 0 aliphatic carbocycles. The van der Waals surface area contributed by atoms with Crippen molar-refractivity contribution >= 4 is 29.5 Å². The second-order valence-corrected chi connectivity index (χ2v) is 10.9. The Bertz CT molecular complexity index is 1400. The number of carbonyl (C=O) groups excluding carboxylic acids is 3. The van der Waals surface area contributed by atoms with Crippen LogP contribution in [0.5, 0.6) is 17.2 Å². The molecule has 0 aromatic heterocycles. The van der Waals surface area contributed by atoms with E-state index in [9.17, 15) is 14.4 Å². The minimum atomic E-state index is -0.597. The SMILES string of the molecule is C=CC(=O)OCCCCOc1ccc(C(=O)Oc2ccc(C(=O)Oc3ccc(CCCCCCCC)cc3)c(Cl)c2)cc1C. The Hall–Kier alpha value is -4.10. The van der Waals surface area contributed by atoms with E-state index >= 15 is 0 Å². The highest BCUT2D eigenvalue weighted by Crippen LogP contribution is 2.26. The van der Waals surface area contributed by atoms with Crippen LogP contribution in [-0.4, -0.2) is 31.1 Å². The summed E-state index contributed by atoms with van der Waals surface area (Å²) in [6, 6.07) is 16.9. The van der Waals surface area contributed by atoms with Gasteiger partial charge in [-0.15, -0.1) is 0 Å². The van der Waals surface area contributed by atoms with E-state index in [2.05, 4.69) is 13.5 Å². The van der Waals surface area contributed by atoms with Crippen LogP contribution in [0.1, 0.15) is 90.1 Å². The van der Waals surface area contributed by atoms with Crippen LogP contribution in [0.25, 0.3) is 0 Å². The standard InChI is InChI=1S/C36H41ClO7/c1-4-6-7-8-9-10-13-27-14-17-29(18-15-27)43-36(40)31-20-19-30(25-32(31)37)44-35(39)28-16-21-33(26(3)24-28)41-22-11-12-23-42-34(38)5-2/h5,14-21,24-25H,2,4,6-13,22-23H2,1,3H3. The minimum absolute atomic E-state index is 0.110. The number of hydrogen-bond donors (Lipinski definition) is 0. The molecule has 0 saturated carbocycles. The molecule has 0 radical (unpaired) electrons. The van der Waals surface area contributed by atoms with Crippen LogP contribution in [-0.2, 0) is 16.0 Å². The van der Waals surface area contributed by atoms with Crippen LogP contribution >= 0.6 is 11.6 Å². The number of carbonyl (C=O) groups is 3. The Morgan fingerprint density at radius 2 is 1.45 bits per heavy atom. The number of esters is 3. The van der Waals surface area contributed by atoms with Crippen molar-refractivity contribution in [3.63, 3.8) is 0 Å². The zero-order valence-electron chi connectivity index (χ0n) is 25.6. The number of halogens is 1. The maximum atomic E-state index is 12.8. The van der Waals surface area contributed by atoms with Gasteiger partial charge in [-0.05, 0) is 86.2 Å². The van der Waals surface area contributed by atoms with Gasteiger partial charge in [-0.3, -0.25) is 0 Å². The molecule has 0 N–H and O–H groups in total. The third kappa shape index (κ3) is 11.5. The maximum absolute atomic E-state index is 12.8. The van der Waals surface area contributed by atoms with E-state index in [1.807, 2.05) is 19.1 Å².